The molecule has 1 fully saturated rings. The van der Waals surface area contributed by atoms with Crippen molar-refractivity contribution < 1.29 is 9.84 Å². The van der Waals surface area contributed by atoms with E-state index in [0.717, 1.165) is 30.3 Å². The quantitative estimate of drug-likeness (QED) is 0.762. The highest BCUT2D eigenvalue weighted by Crippen LogP contribution is 2.19. The van der Waals surface area contributed by atoms with Gasteiger partial charge in [-0.05, 0) is 0 Å². The molecule has 16 heavy (non-hydrogen) atoms. The summed E-state index contributed by atoms with van der Waals surface area (Å²) in [7, 11) is 1.87. The molecule has 0 saturated carbocycles. The number of morpholine rings is 1. The minimum atomic E-state index is -0.0709. The number of aliphatic hydroxyl groups excluding tert-OH is 1. The van der Waals surface area contributed by atoms with Crippen molar-refractivity contribution in [1.29, 1.82) is 0 Å². The molecule has 0 aliphatic carbocycles. The largest absolute Gasteiger partial charge is 0.394 e. The molecule has 0 aromatic carbocycles. The molecule has 1 atom stereocenters. The van der Waals surface area contributed by atoms with E-state index in [2.05, 4.69) is 19.8 Å². The van der Waals surface area contributed by atoms with E-state index >= 15 is 0 Å². The Morgan fingerprint density at radius 3 is 3.31 bits per heavy atom. The van der Waals surface area contributed by atoms with Crippen molar-refractivity contribution in [3.05, 3.63) is 5.69 Å². The van der Waals surface area contributed by atoms with Crippen LogP contribution in [0.15, 0.2) is 0 Å². The molecule has 1 saturated heterocycles. The van der Waals surface area contributed by atoms with Crippen LogP contribution >= 0.6 is 11.5 Å². The molecule has 6 nitrogen and oxygen atoms in total. The summed E-state index contributed by atoms with van der Waals surface area (Å²) in [6.45, 7) is 3.11. The van der Waals surface area contributed by atoms with Crippen LogP contribution in [0.4, 0.5) is 5.00 Å². The lowest BCUT2D eigenvalue weighted by atomic mass is 10.2. The molecule has 2 heterocycles. The first kappa shape index (κ1) is 11.7. The normalized spacial score (nSPS) is 22.2. The number of aromatic nitrogens is 2. The molecule has 2 N–H and O–H groups in total. The fraction of sp³-hybridized carbons (Fsp3) is 0.778. The molecular weight excluding hydrogens is 228 g/mol. The van der Waals surface area contributed by atoms with E-state index in [4.69, 9.17) is 9.84 Å². The van der Waals surface area contributed by atoms with Crippen molar-refractivity contribution in [1.82, 2.24) is 14.5 Å². The van der Waals surface area contributed by atoms with Gasteiger partial charge in [0.05, 0.1) is 19.3 Å². The van der Waals surface area contributed by atoms with Gasteiger partial charge in [-0.2, -0.15) is 0 Å². The molecule has 1 aromatic rings. The van der Waals surface area contributed by atoms with E-state index in [9.17, 15) is 0 Å². The highest BCUT2D eigenvalue weighted by atomic mass is 32.1. The van der Waals surface area contributed by atoms with Gasteiger partial charge < -0.3 is 15.2 Å². The van der Waals surface area contributed by atoms with Gasteiger partial charge in [0.1, 0.15) is 10.7 Å². The van der Waals surface area contributed by atoms with Crippen LogP contribution < -0.4 is 5.32 Å². The predicted octanol–water partition coefficient (Wildman–Crippen LogP) is -0.227. The van der Waals surface area contributed by atoms with Crippen molar-refractivity contribution in [3.8, 4) is 0 Å². The van der Waals surface area contributed by atoms with E-state index in [1.165, 1.54) is 11.5 Å². The van der Waals surface area contributed by atoms with Gasteiger partial charge in [-0.1, -0.05) is 4.49 Å². The summed E-state index contributed by atoms with van der Waals surface area (Å²) < 4.78 is 9.31. The Kier molecular flexibility index (Phi) is 4.05. The number of anilines is 1. The van der Waals surface area contributed by atoms with Crippen molar-refractivity contribution in [2.24, 2.45) is 0 Å². The zero-order valence-electron chi connectivity index (χ0n) is 9.22. The van der Waals surface area contributed by atoms with Crippen molar-refractivity contribution in [2.45, 2.75) is 12.6 Å². The molecule has 0 bridgehead atoms. The zero-order chi connectivity index (χ0) is 11.4. The van der Waals surface area contributed by atoms with Gasteiger partial charge in [0.15, 0.2) is 0 Å². The van der Waals surface area contributed by atoms with Gasteiger partial charge in [-0.15, -0.1) is 5.10 Å². The van der Waals surface area contributed by atoms with Crippen LogP contribution in [-0.2, 0) is 11.3 Å². The third-order valence-corrected chi connectivity index (χ3v) is 3.37. The molecule has 1 aliphatic rings. The maximum atomic E-state index is 9.05. The minimum absolute atomic E-state index is 0.0709. The van der Waals surface area contributed by atoms with Crippen LogP contribution in [0.5, 0.6) is 0 Å². The van der Waals surface area contributed by atoms with Crippen LogP contribution in [-0.4, -0.2) is 59.0 Å². The molecular formula is C9H16N4O2S. The third-order valence-electron chi connectivity index (χ3n) is 2.58. The van der Waals surface area contributed by atoms with Gasteiger partial charge in [0.25, 0.3) is 0 Å². The van der Waals surface area contributed by atoms with Crippen LogP contribution in [0, 0.1) is 0 Å². The van der Waals surface area contributed by atoms with E-state index in [1.807, 2.05) is 7.05 Å². The first-order valence-electron chi connectivity index (χ1n) is 5.27. The van der Waals surface area contributed by atoms with Crippen molar-refractivity contribution in [2.75, 3.05) is 38.7 Å². The summed E-state index contributed by atoms with van der Waals surface area (Å²) in [5.41, 5.74) is 0.964. The lowest BCUT2D eigenvalue weighted by Gasteiger charge is -2.31. The monoisotopic (exact) mass is 244 g/mol. The summed E-state index contributed by atoms with van der Waals surface area (Å²) in [6, 6.07) is 0. The van der Waals surface area contributed by atoms with Gasteiger partial charge in [-0.3, -0.25) is 4.90 Å². The van der Waals surface area contributed by atoms with Crippen molar-refractivity contribution in [3.63, 3.8) is 0 Å². The number of ether oxygens (including phenoxy) is 1. The Morgan fingerprint density at radius 2 is 2.56 bits per heavy atom. The van der Waals surface area contributed by atoms with Gasteiger partial charge in [0, 0.05) is 38.2 Å². The SMILES string of the molecule is CNc1snnc1CN1CCOC(CO)C1. The van der Waals surface area contributed by atoms with Crippen LogP contribution in [0.2, 0.25) is 0 Å². The summed E-state index contributed by atoms with van der Waals surface area (Å²) in [5.74, 6) is 0. The average molecular weight is 244 g/mol. The third kappa shape index (κ3) is 2.67. The molecule has 1 aliphatic heterocycles. The molecule has 0 amide bonds. The molecule has 1 aromatic heterocycles. The summed E-state index contributed by atoms with van der Waals surface area (Å²) in [4.78, 5) is 2.22. The second-order valence-corrected chi connectivity index (χ2v) is 4.46. The summed E-state index contributed by atoms with van der Waals surface area (Å²) in [6.07, 6.45) is -0.0709. The van der Waals surface area contributed by atoms with Gasteiger partial charge >= 0.3 is 0 Å². The second kappa shape index (κ2) is 5.53. The van der Waals surface area contributed by atoms with Gasteiger partial charge in [0.2, 0.25) is 0 Å². The Balaban J connectivity index is 1.93. The summed E-state index contributed by atoms with van der Waals surface area (Å²) >= 11 is 1.37. The maximum absolute atomic E-state index is 9.05. The first-order chi connectivity index (χ1) is 7.83. The molecule has 2 rings (SSSR count). The molecule has 1 unspecified atom stereocenters. The second-order valence-electron chi connectivity index (χ2n) is 3.71. The van der Waals surface area contributed by atoms with E-state index in [1.54, 1.807) is 0 Å². The Labute approximate surface area is 98.4 Å². The van der Waals surface area contributed by atoms with Gasteiger partial charge in [-0.25, -0.2) is 0 Å². The lowest BCUT2D eigenvalue weighted by Crippen LogP contribution is -2.43. The van der Waals surface area contributed by atoms with E-state index < -0.39 is 0 Å². The summed E-state index contributed by atoms with van der Waals surface area (Å²) in [5, 5.41) is 17.2. The fourth-order valence-electron chi connectivity index (χ4n) is 1.75. The minimum Gasteiger partial charge on any atom is -0.394 e. The van der Waals surface area contributed by atoms with Crippen molar-refractivity contribution >= 4 is 16.5 Å². The smallest absolute Gasteiger partial charge is 0.134 e. The standard InChI is InChI=1S/C9H16N4O2S/c1-10-9-8(11-12-16-9)5-13-2-3-15-7(4-13)6-14/h7,10,14H,2-6H2,1H3. The van der Waals surface area contributed by atoms with Crippen LogP contribution in [0.25, 0.3) is 0 Å². The molecule has 0 radical (unpaired) electrons. The first-order valence-corrected chi connectivity index (χ1v) is 6.04. The Hall–Kier alpha value is -0.760. The van der Waals surface area contributed by atoms with E-state index in [0.29, 0.717) is 6.61 Å². The fourth-order valence-corrected chi connectivity index (χ4v) is 2.27. The number of aliphatic hydroxyl groups is 1. The van der Waals surface area contributed by atoms with Crippen LogP contribution in [0.3, 0.4) is 0 Å². The number of rotatable bonds is 4. The number of hydrogen-bond acceptors (Lipinski definition) is 7. The topological polar surface area (TPSA) is 70.5 Å². The maximum Gasteiger partial charge on any atom is 0.134 e. The Bertz CT molecular complexity index is 333. The van der Waals surface area contributed by atoms with E-state index in [-0.39, 0.29) is 12.7 Å². The lowest BCUT2D eigenvalue weighted by molar-refractivity contribution is -0.0553. The number of nitrogens with zero attached hydrogens (tertiary/aromatic N) is 3. The number of nitrogens with one attached hydrogen (secondary N) is 1. The highest BCUT2D eigenvalue weighted by Gasteiger charge is 2.21. The molecule has 90 valence electrons. The van der Waals surface area contributed by atoms with Crippen LogP contribution in [0.1, 0.15) is 5.69 Å². The number of hydrogen-bond donors (Lipinski definition) is 2. The zero-order valence-corrected chi connectivity index (χ0v) is 10.0. The molecule has 7 heteroatoms. The highest BCUT2D eigenvalue weighted by molar-refractivity contribution is 7.10. The Morgan fingerprint density at radius 1 is 1.69 bits per heavy atom. The average Bonchev–Trinajstić information content (AvgIpc) is 2.76. The molecule has 0 spiro atoms. The predicted molar refractivity (Wildman–Crippen MR) is 61.6 cm³/mol.